The van der Waals surface area contributed by atoms with Gasteiger partial charge in [-0.15, -0.1) is 0 Å². The zero-order valence-corrected chi connectivity index (χ0v) is 24.3. The number of hydrogen-bond acceptors (Lipinski definition) is 7. The number of aliphatic imine (C=N–C) groups is 1. The number of unbranched alkanes of at least 4 members (excludes halogenated alkanes) is 1. The number of carbonyl (C=O) groups excluding carboxylic acids is 2. The third kappa shape index (κ3) is 15.4. The second-order valence-electron chi connectivity index (χ2n) is 10.6. The van der Waals surface area contributed by atoms with Gasteiger partial charge in [0.2, 0.25) is 0 Å². The minimum Gasteiger partial charge on any atom is -0.489 e. The number of nitrogens with zero attached hydrogens (tertiary/aromatic N) is 1. The lowest BCUT2D eigenvalue weighted by Gasteiger charge is -2.22. The van der Waals surface area contributed by atoms with E-state index in [1.807, 2.05) is 54.6 Å². The van der Waals surface area contributed by atoms with Gasteiger partial charge in [0.1, 0.15) is 24.0 Å². The van der Waals surface area contributed by atoms with Crippen molar-refractivity contribution in [1.82, 2.24) is 16.0 Å². The van der Waals surface area contributed by atoms with Crippen molar-refractivity contribution in [2.75, 3.05) is 32.7 Å². The van der Waals surface area contributed by atoms with Crippen molar-refractivity contribution < 1.29 is 19.1 Å². The van der Waals surface area contributed by atoms with Crippen molar-refractivity contribution in [2.24, 2.45) is 10.7 Å². The first kappa shape index (κ1) is 32.9. The fraction of sp³-hybridized carbons (Fsp3) is 0.516. The van der Waals surface area contributed by atoms with Gasteiger partial charge in [0, 0.05) is 19.2 Å². The molecule has 2 amide bonds. The molecule has 0 fully saturated rings. The minimum atomic E-state index is -0.845. The van der Waals surface area contributed by atoms with Gasteiger partial charge < -0.3 is 31.2 Å². The molecule has 0 aliphatic carbocycles. The first-order valence-corrected chi connectivity index (χ1v) is 14.2. The monoisotopic (exact) mass is 553 g/mol. The highest BCUT2D eigenvalue weighted by Gasteiger charge is 2.24. The molecule has 0 saturated carbocycles. The first-order valence-electron chi connectivity index (χ1n) is 14.2. The Bertz CT molecular complexity index is 1010. The molecule has 0 aliphatic rings. The summed E-state index contributed by atoms with van der Waals surface area (Å²) in [5, 5.41) is 9.42. The van der Waals surface area contributed by atoms with Gasteiger partial charge >= 0.3 is 6.09 Å². The Kier molecular flexibility index (Phi) is 15.6. The number of carbonyl (C=O) groups is 2. The molecule has 1 unspecified atom stereocenters. The summed E-state index contributed by atoms with van der Waals surface area (Å²) in [7, 11) is 0. The van der Waals surface area contributed by atoms with E-state index in [4.69, 9.17) is 15.2 Å². The molecule has 9 heteroatoms. The van der Waals surface area contributed by atoms with Crippen LogP contribution in [0.2, 0.25) is 0 Å². The third-order valence-corrected chi connectivity index (χ3v) is 5.78. The maximum absolute atomic E-state index is 12.9. The number of benzene rings is 2. The molecule has 0 aliphatic heterocycles. The highest BCUT2D eigenvalue weighted by atomic mass is 16.6. The fourth-order valence-corrected chi connectivity index (χ4v) is 3.74. The Morgan fingerprint density at radius 3 is 2.20 bits per heavy atom. The van der Waals surface area contributed by atoms with Crippen LogP contribution in [-0.4, -0.2) is 62.6 Å². The molecule has 1 atom stereocenters. The molecule has 220 valence electrons. The molecule has 0 spiro atoms. The van der Waals surface area contributed by atoms with E-state index in [0.29, 0.717) is 19.6 Å². The van der Waals surface area contributed by atoms with E-state index in [-0.39, 0.29) is 6.42 Å². The Hall–Kier alpha value is -3.27. The summed E-state index contributed by atoms with van der Waals surface area (Å²) in [6.45, 7) is 10.1. The first-order chi connectivity index (χ1) is 19.3. The van der Waals surface area contributed by atoms with Crippen LogP contribution in [-0.2, 0) is 22.6 Å². The van der Waals surface area contributed by atoms with Crippen LogP contribution in [0.1, 0.15) is 57.6 Å². The predicted molar refractivity (Wildman–Crippen MR) is 161 cm³/mol. The smallest absolute Gasteiger partial charge is 0.408 e. The number of alkyl carbamates (subject to hydrolysis) is 1. The number of rotatable bonds is 18. The van der Waals surface area contributed by atoms with Crippen molar-refractivity contribution in [3.05, 3.63) is 65.7 Å². The van der Waals surface area contributed by atoms with E-state index in [1.54, 1.807) is 27.0 Å². The summed E-state index contributed by atoms with van der Waals surface area (Å²) >= 11 is 0. The topological polar surface area (TPSA) is 127 Å². The normalized spacial score (nSPS) is 12.3. The van der Waals surface area contributed by atoms with Gasteiger partial charge in [0.05, 0.1) is 0 Å². The van der Waals surface area contributed by atoms with Crippen LogP contribution < -0.4 is 26.4 Å². The van der Waals surface area contributed by atoms with Gasteiger partial charge in [-0.25, -0.2) is 9.79 Å². The van der Waals surface area contributed by atoms with Gasteiger partial charge in [0.15, 0.2) is 0 Å². The molecular weight excluding hydrogens is 506 g/mol. The maximum Gasteiger partial charge on any atom is 0.408 e. The summed E-state index contributed by atoms with van der Waals surface area (Å²) < 4.78 is 11.2. The van der Waals surface area contributed by atoms with Crippen molar-refractivity contribution in [1.29, 1.82) is 0 Å². The molecule has 0 saturated heterocycles. The molecule has 0 bridgehead atoms. The second-order valence-corrected chi connectivity index (χ2v) is 10.6. The summed E-state index contributed by atoms with van der Waals surface area (Å²) in [6.07, 6.45) is 5.03. The molecule has 5 N–H and O–H groups in total. The lowest BCUT2D eigenvalue weighted by molar-refractivity contribution is -0.119. The van der Waals surface area contributed by atoms with E-state index in [0.717, 1.165) is 62.3 Å². The van der Waals surface area contributed by atoms with Gasteiger partial charge in [-0.3, -0.25) is 4.79 Å². The highest BCUT2D eigenvalue weighted by molar-refractivity contribution is 5.91. The third-order valence-electron chi connectivity index (χ3n) is 5.78. The van der Waals surface area contributed by atoms with Crippen molar-refractivity contribution >= 4 is 18.2 Å². The molecule has 40 heavy (non-hydrogen) atoms. The van der Waals surface area contributed by atoms with Crippen LogP contribution in [0.4, 0.5) is 4.79 Å². The van der Waals surface area contributed by atoms with E-state index >= 15 is 0 Å². The molecule has 2 aromatic rings. The molecule has 0 heterocycles. The van der Waals surface area contributed by atoms with E-state index in [1.165, 1.54) is 0 Å². The van der Waals surface area contributed by atoms with Crippen LogP contribution >= 0.6 is 0 Å². The van der Waals surface area contributed by atoms with Gasteiger partial charge in [-0.2, -0.15) is 0 Å². The van der Waals surface area contributed by atoms with Crippen molar-refractivity contribution in [3.63, 3.8) is 0 Å². The second kappa shape index (κ2) is 18.9. The Balaban J connectivity index is 1.83. The molecule has 2 aromatic carbocycles. The Morgan fingerprint density at radius 2 is 1.55 bits per heavy atom. The number of ether oxygens (including phenoxy) is 2. The average molecular weight is 554 g/mol. The van der Waals surface area contributed by atoms with Gasteiger partial charge in [-0.1, -0.05) is 42.5 Å². The van der Waals surface area contributed by atoms with Crippen LogP contribution in [0.5, 0.6) is 5.75 Å². The summed E-state index contributed by atoms with van der Waals surface area (Å²) in [4.78, 5) is 29.5. The SMILES string of the molecule is CC(C)(C)OC(=O)NC(Cc1ccc(OCc2ccccc2)cc1)C(=O)N=CCCNCCCCNCCCN. The van der Waals surface area contributed by atoms with E-state index in [9.17, 15) is 9.59 Å². The number of amides is 2. The molecule has 9 nitrogen and oxygen atoms in total. The standard InChI is InChI=1S/C31H47N5O4/c1-31(2,3)40-30(38)36-28(29(37)35-22-10-21-34-19-8-7-18-33-20-9-17-32)23-25-13-15-27(16-14-25)39-24-26-11-5-4-6-12-26/h4-6,11-16,22,28,33-34H,7-10,17-21,23-24,32H2,1-3H3,(H,36,38). The summed E-state index contributed by atoms with van der Waals surface area (Å²) in [5.74, 6) is 0.308. The number of hydrogen-bond donors (Lipinski definition) is 4. The zero-order valence-electron chi connectivity index (χ0n) is 24.3. The lowest BCUT2D eigenvalue weighted by atomic mass is 10.1. The molecule has 2 rings (SSSR count). The van der Waals surface area contributed by atoms with Gasteiger partial charge in [-0.05, 0) is 95.9 Å². The maximum atomic E-state index is 12.9. The lowest BCUT2D eigenvalue weighted by Crippen LogP contribution is -2.44. The van der Waals surface area contributed by atoms with Crippen molar-refractivity contribution in [3.8, 4) is 5.75 Å². The van der Waals surface area contributed by atoms with E-state index in [2.05, 4.69) is 20.9 Å². The molecule has 0 radical (unpaired) electrons. The fourth-order valence-electron chi connectivity index (χ4n) is 3.74. The van der Waals surface area contributed by atoms with Gasteiger partial charge in [0.25, 0.3) is 5.91 Å². The minimum absolute atomic E-state index is 0.284. The van der Waals surface area contributed by atoms with Crippen LogP contribution in [0, 0.1) is 0 Å². The average Bonchev–Trinajstić information content (AvgIpc) is 2.92. The summed E-state index contributed by atoms with van der Waals surface area (Å²) in [6, 6.07) is 16.6. The Labute approximate surface area is 239 Å². The van der Waals surface area contributed by atoms with E-state index < -0.39 is 23.6 Å². The zero-order chi connectivity index (χ0) is 29.1. The summed E-state index contributed by atoms with van der Waals surface area (Å²) in [5.41, 5.74) is 6.76. The predicted octanol–water partition coefficient (Wildman–Crippen LogP) is 4.00. The Morgan fingerprint density at radius 1 is 0.900 bits per heavy atom. The van der Waals surface area contributed by atoms with Crippen molar-refractivity contribution in [2.45, 2.75) is 71.1 Å². The highest BCUT2D eigenvalue weighted by Crippen LogP contribution is 2.16. The number of nitrogens with two attached hydrogens (primary N) is 1. The van der Waals surface area contributed by atoms with Crippen LogP contribution in [0.25, 0.3) is 0 Å². The molecule has 0 aromatic heterocycles. The van der Waals surface area contributed by atoms with Crippen LogP contribution in [0.15, 0.2) is 59.6 Å². The van der Waals surface area contributed by atoms with Crippen LogP contribution in [0.3, 0.4) is 0 Å². The molecular formula is C31H47N5O4. The largest absolute Gasteiger partial charge is 0.489 e. The number of nitrogens with one attached hydrogen (secondary N) is 3. The quantitative estimate of drug-likeness (QED) is 0.162.